The molecule has 1 atom stereocenters. The van der Waals surface area contributed by atoms with Gasteiger partial charge in [0.05, 0.1) is 6.04 Å². The molecular formula is C16H19NS. The minimum absolute atomic E-state index is 0.266. The lowest BCUT2D eigenvalue weighted by Gasteiger charge is -2.19. The van der Waals surface area contributed by atoms with E-state index in [4.69, 9.17) is 0 Å². The number of rotatable bonds is 4. The van der Waals surface area contributed by atoms with Crippen LogP contribution in [0.15, 0.2) is 53.4 Å². The second-order valence-electron chi connectivity index (χ2n) is 4.35. The van der Waals surface area contributed by atoms with E-state index >= 15 is 0 Å². The Morgan fingerprint density at radius 3 is 2.22 bits per heavy atom. The van der Waals surface area contributed by atoms with Gasteiger partial charge >= 0.3 is 0 Å². The molecule has 1 nitrogen and oxygen atoms in total. The van der Waals surface area contributed by atoms with E-state index in [1.807, 2.05) is 7.05 Å². The van der Waals surface area contributed by atoms with E-state index < -0.39 is 0 Å². The summed E-state index contributed by atoms with van der Waals surface area (Å²) < 4.78 is 0. The summed E-state index contributed by atoms with van der Waals surface area (Å²) in [7, 11) is 2.01. The Labute approximate surface area is 114 Å². The number of thioether (sulfide) groups is 1. The molecule has 0 aromatic heterocycles. The average molecular weight is 257 g/mol. The second kappa shape index (κ2) is 6.07. The Morgan fingerprint density at radius 2 is 1.67 bits per heavy atom. The van der Waals surface area contributed by atoms with Gasteiger partial charge in [0, 0.05) is 4.90 Å². The smallest absolute Gasteiger partial charge is 0.0576 e. The van der Waals surface area contributed by atoms with Crippen molar-refractivity contribution in [3.8, 4) is 0 Å². The zero-order chi connectivity index (χ0) is 13.0. The molecule has 18 heavy (non-hydrogen) atoms. The van der Waals surface area contributed by atoms with Crippen molar-refractivity contribution < 1.29 is 0 Å². The van der Waals surface area contributed by atoms with Crippen molar-refractivity contribution >= 4 is 11.8 Å². The molecule has 0 bridgehead atoms. The molecule has 0 amide bonds. The van der Waals surface area contributed by atoms with Gasteiger partial charge in [0.15, 0.2) is 0 Å². The van der Waals surface area contributed by atoms with Gasteiger partial charge in [0.1, 0.15) is 0 Å². The zero-order valence-electron chi connectivity index (χ0n) is 11.1. The number of aryl methyl sites for hydroxylation is 1. The van der Waals surface area contributed by atoms with E-state index in [-0.39, 0.29) is 6.04 Å². The van der Waals surface area contributed by atoms with Gasteiger partial charge in [0.25, 0.3) is 0 Å². The van der Waals surface area contributed by atoms with E-state index in [9.17, 15) is 0 Å². The highest BCUT2D eigenvalue weighted by atomic mass is 32.2. The topological polar surface area (TPSA) is 12.0 Å². The van der Waals surface area contributed by atoms with Crippen LogP contribution >= 0.6 is 11.8 Å². The van der Waals surface area contributed by atoms with Crippen molar-refractivity contribution in [2.24, 2.45) is 0 Å². The van der Waals surface area contributed by atoms with Crippen LogP contribution in [0.2, 0.25) is 0 Å². The molecule has 0 aliphatic heterocycles. The molecule has 0 aliphatic carbocycles. The van der Waals surface area contributed by atoms with E-state index in [1.165, 1.54) is 21.6 Å². The van der Waals surface area contributed by atoms with Crippen LogP contribution in [0.3, 0.4) is 0 Å². The summed E-state index contributed by atoms with van der Waals surface area (Å²) in [6.07, 6.45) is 2.10. The molecule has 2 aromatic rings. The van der Waals surface area contributed by atoms with Gasteiger partial charge in [0.2, 0.25) is 0 Å². The number of nitrogens with one attached hydrogen (secondary N) is 1. The molecule has 0 heterocycles. The van der Waals surface area contributed by atoms with Gasteiger partial charge < -0.3 is 5.32 Å². The van der Waals surface area contributed by atoms with Crippen LogP contribution in [-0.2, 0) is 0 Å². The van der Waals surface area contributed by atoms with Gasteiger partial charge in [-0.1, -0.05) is 36.4 Å². The molecular weight excluding hydrogens is 238 g/mol. The summed E-state index contributed by atoms with van der Waals surface area (Å²) >= 11 is 1.78. The molecule has 94 valence electrons. The molecule has 1 N–H and O–H groups in total. The quantitative estimate of drug-likeness (QED) is 0.830. The van der Waals surface area contributed by atoms with Gasteiger partial charge in [-0.2, -0.15) is 0 Å². The van der Waals surface area contributed by atoms with E-state index in [1.54, 1.807) is 11.8 Å². The second-order valence-corrected chi connectivity index (χ2v) is 5.23. The number of benzene rings is 2. The fraction of sp³-hybridized carbons (Fsp3) is 0.250. The highest BCUT2D eigenvalue weighted by Crippen LogP contribution is 2.26. The van der Waals surface area contributed by atoms with Crippen molar-refractivity contribution in [3.63, 3.8) is 0 Å². The molecule has 1 unspecified atom stereocenters. The van der Waals surface area contributed by atoms with Crippen molar-refractivity contribution in [2.45, 2.75) is 17.9 Å². The first-order chi connectivity index (χ1) is 8.76. The molecule has 0 radical (unpaired) electrons. The van der Waals surface area contributed by atoms with Gasteiger partial charge in [-0.3, -0.25) is 0 Å². The maximum Gasteiger partial charge on any atom is 0.0576 e. The maximum atomic E-state index is 3.41. The van der Waals surface area contributed by atoms with Crippen molar-refractivity contribution in [3.05, 3.63) is 65.2 Å². The van der Waals surface area contributed by atoms with Gasteiger partial charge in [-0.25, -0.2) is 0 Å². The summed E-state index contributed by atoms with van der Waals surface area (Å²) in [5, 5.41) is 3.41. The summed E-state index contributed by atoms with van der Waals surface area (Å²) in [6, 6.07) is 17.6. The van der Waals surface area contributed by atoms with Crippen LogP contribution in [0.4, 0.5) is 0 Å². The fourth-order valence-electron chi connectivity index (χ4n) is 2.21. The highest BCUT2D eigenvalue weighted by Gasteiger charge is 2.13. The average Bonchev–Trinajstić information content (AvgIpc) is 2.42. The summed E-state index contributed by atoms with van der Waals surface area (Å²) in [5.41, 5.74) is 3.98. The number of hydrogen-bond acceptors (Lipinski definition) is 2. The third-order valence-corrected chi connectivity index (χ3v) is 3.98. The molecule has 0 saturated carbocycles. The van der Waals surface area contributed by atoms with Crippen LogP contribution in [-0.4, -0.2) is 13.3 Å². The van der Waals surface area contributed by atoms with Crippen LogP contribution < -0.4 is 5.32 Å². The number of hydrogen-bond donors (Lipinski definition) is 1. The van der Waals surface area contributed by atoms with Crippen LogP contribution in [0, 0.1) is 6.92 Å². The minimum atomic E-state index is 0.266. The largest absolute Gasteiger partial charge is 0.309 e. The Hall–Kier alpha value is -1.25. The predicted octanol–water partition coefficient (Wildman–Crippen LogP) is 4.03. The molecule has 0 saturated heterocycles. The minimum Gasteiger partial charge on any atom is -0.309 e. The lowest BCUT2D eigenvalue weighted by molar-refractivity contribution is 0.687. The van der Waals surface area contributed by atoms with Gasteiger partial charge in [-0.05, 0) is 49.1 Å². The van der Waals surface area contributed by atoms with Crippen molar-refractivity contribution in [1.82, 2.24) is 5.32 Å². The molecule has 2 heteroatoms. The third-order valence-electron chi connectivity index (χ3n) is 3.24. The monoisotopic (exact) mass is 257 g/mol. The SMILES string of the molecule is CNC(c1ccc(SC)cc1)c1ccccc1C. The fourth-order valence-corrected chi connectivity index (χ4v) is 2.62. The van der Waals surface area contributed by atoms with Crippen LogP contribution in [0.25, 0.3) is 0 Å². The maximum absolute atomic E-state index is 3.41. The zero-order valence-corrected chi connectivity index (χ0v) is 11.9. The molecule has 0 spiro atoms. The normalized spacial score (nSPS) is 12.4. The summed E-state index contributed by atoms with van der Waals surface area (Å²) in [5.74, 6) is 0. The molecule has 0 aliphatic rings. The highest BCUT2D eigenvalue weighted by molar-refractivity contribution is 7.98. The van der Waals surface area contributed by atoms with E-state index in [0.29, 0.717) is 0 Å². The van der Waals surface area contributed by atoms with Crippen molar-refractivity contribution in [2.75, 3.05) is 13.3 Å². The third kappa shape index (κ3) is 2.77. The Bertz CT molecular complexity index is 505. The van der Waals surface area contributed by atoms with E-state index in [0.717, 1.165) is 0 Å². The molecule has 2 rings (SSSR count). The summed E-state index contributed by atoms with van der Waals surface area (Å²) in [6.45, 7) is 2.16. The molecule has 0 fully saturated rings. The first-order valence-corrected chi connectivity index (χ1v) is 7.35. The standard InChI is InChI=1S/C16H19NS/c1-12-6-4-5-7-15(12)16(17-2)13-8-10-14(18-3)11-9-13/h4-11,16-17H,1-3H3. The Balaban J connectivity index is 2.36. The van der Waals surface area contributed by atoms with Crippen molar-refractivity contribution in [1.29, 1.82) is 0 Å². The summed E-state index contributed by atoms with van der Waals surface area (Å²) in [4.78, 5) is 1.30. The first kappa shape index (κ1) is 13.2. The molecule has 2 aromatic carbocycles. The van der Waals surface area contributed by atoms with E-state index in [2.05, 4.69) is 67.0 Å². The lowest BCUT2D eigenvalue weighted by atomic mass is 9.95. The van der Waals surface area contributed by atoms with Crippen LogP contribution in [0.5, 0.6) is 0 Å². The Morgan fingerprint density at radius 1 is 1.00 bits per heavy atom. The Kier molecular flexibility index (Phi) is 4.45. The van der Waals surface area contributed by atoms with Gasteiger partial charge in [-0.15, -0.1) is 11.8 Å². The lowest BCUT2D eigenvalue weighted by Crippen LogP contribution is -2.18. The predicted molar refractivity (Wildman–Crippen MR) is 80.3 cm³/mol. The van der Waals surface area contributed by atoms with Crippen LogP contribution in [0.1, 0.15) is 22.7 Å². The first-order valence-electron chi connectivity index (χ1n) is 6.13.